The van der Waals surface area contributed by atoms with Crippen molar-refractivity contribution in [2.24, 2.45) is 0 Å². The van der Waals surface area contributed by atoms with Crippen LogP contribution in [0, 0.1) is 6.92 Å². The highest BCUT2D eigenvalue weighted by molar-refractivity contribution is 7.21. The number of anilines is 2. The van der Waals surface area contributed by atoms with Gasteiger partial charge in [-0.3, -0.25) is 4.79 Å². The number of aryl methyl sites for hydroxylation is 1. The van der Waals surface area contributed by atoms with Gasteiger partial charge in [-0.1, -0.05) is 6.07 Å². The van der Waals surface area contributed by atoms with Gasteiger partial charge in [0.2, 0.25) is 0 Å². The molecule has 6 rings (SSSR count). The van der Waals surface area contributed by atoms with Gasteiger partial charge in [0.1, 0.15) is 27.7 Å². The maximum atomic E-state index is 12.9. The Morgan fingerprint density at radius 3 is 3.00 bits per heavy atom. The van der Waals surface area contributed by atoms with Gasteiger partial charge >= 0.3 is 0 Å². The summed E-state index contributed by atoms with van der Waals surface area (Å²) >= 11 is 1.34. The van der Waals surface area contributed by atoms with E-state index in [1.165, 1.54) is 17.0 Å². The Balaban J connectivity index is 1.13. The number of hydrogen-bond donors (Lipinski definition) is 2. The SMILES string of the molecule is Cc1ccc2c(N)c(C(=O)N[C@H]3COc4cc(N5CC6(CCCO6)C5)ccc4C3)sc2n1. The molecule has 166 valence electrons. The van der Waals surface area contributed by atoms with Gasteiger partial charge < -0.3 is 25.4 Å². The number of amides is 1. The van der Waals surface area contributed by atoms with Crippen LogP contribution in [0.1, 0.15) is 33.8 Å². The van der Waals surface area contributed by atoms with E-state index in [4.69, 9.17) is 15.2 Å². The predicted molar refractivity (Wildman–Crippen MR) is 126 cm³/mol. The molecule has 1 aromatic carbocycles. The zero-order valence-corrected chi connectivity index (χ0v) is 18.8. The summed E-state index contributed by atoms with van der Waals surface area (Å²) in [7, 11) is 0. The van der Waals surface area contributed by atoms with Crippen LogP contribution in [-0.4, -0.2) is 48.8 Å². The summed E-state index contributed by atoms with van der Waals surface area (Å²) in [4.78, 5) is 21.1. The lowest BCUT2D eigenvalue weighted by Gasteiger charge is -2.48. The van der Waals surface area contributed by atoms with Crippen molar-refractivity contribution in [1.82, 2.24) is 10.3 Å². The lowest BCUT2D eigenvalue weighted by Crippen LogP contribution is -2.61. The third-order valence-electron chi connectivity index (χ3n) is 6.74. The molecule has 2 aromatic heterocycles. The van der Waals surface area contributed by atoms with Crippen LogP contribution in [-0.2, 0) is 11.2 Å². The van der Waals surface area contributed by atoms with Gasteiger partial charge in [-0.2, -0.15) is 0 Å². The molecule has 0 aliphatic carbocycles. The summed E-state index contributed by atoms with van der Waals surface area (Å²) in [6.45, 7) is 5.17. The number of nitrogens with two attached hydrogens (primary N) is 1. The molecule has 1 atom stereocenters. The van der Waals surface area contributed by atoms with Crippen molar-refractivity contribution < 1.29 is 14.3 Å². The molecule has 2 fully saturated rings. The first-order valence-electron chi connectivity index (χ1n) is 11.1. The quantitative estimate of drug-likeness (QED) is 0.637. The number of hydrogen-bond acceptors (Lipinski definition) is 7. The molecular formula is C24H26N4O3S. The minimum atomic E-state index is -0.167. The fraction of sp³-hybridized carbons (Fsp3) is 0.417. The Hall–Kier alpha value is -2.84. The molecule has 1 spiro atoms. The van der Waals surface area contributed by atoms with Gasteiger partial charge in [-0.25, -0.2) is 4.98 Å². The third-order valence-corrected chi connectivity index (χ3v) is 7.85. The van der Waals surface area contributed by atoms with Crippen LogP contribution in [0.25, 0.3) is 10.2 Å². The molecule has 0 unspecified atom stereocenters. The van der Waals surface area contributed by atoms with Crippen molar-refractivity contribution in [2.75, 3.05) is 36.9 Å². The van der Waals surface area contributed by atoms with E-state index >= 15 is 0 Å². The smallest absolute Gasteiger partial charge is 0.263 e. The summed E-state index contributed by atoms with van der Waals surface area (Å²) in [5.41, 5.74) is 10.0. The van der Waals surface area contributed by atoms with E-state index in [9.17, 15) is 4.79 Å². The van der Waals surface area contributed by atoms with E-state index < -0.39 is 0 Å². The van der Waals surface area contributed by atoms with Crippen LogP contribution < -0.4 is 20.7 Å². The zero-order valence-electron chi connectivity index (χ0n) is 18.0. The first kappa shape index (κ1) is 19.8. The Bertz CT molecular complexity index is 1210. The van der Waals surface area contributed by atoms with Crippen molar-refractivity contribution in [1.29, 1.82) is 0 Å². The van der Waals surface area contributed by atoms with Crippen LogP contribution in [0.5, 0.6) is 5.75 Å². The summed E-state index contributed by atoms with van der Waals surface area (Å²) in [6.07, 6.45) is 3.06. The van der Waals surface area contributed by atoms with Gasteiger partial charge in [-0.05, 0) is 49.9 Å². The first-order valence-corrected chi connectivity index (χ1v) is 11.9. The summed E-state index contributed by atoms with van der Waals surface area (Å²) in [5, 5.41) is 3.93. The minimum absolute atomic E-state index is 0.0782. The highest BCUT2D eigenvalue weighted by atomic mass is 32.1. The topological polar surface area (TPSA) is 89.7 Å². The average molecular weight is 451 g/mol. The number of ether oxygens (including phenoxy) is 2. The van der Waals surface area contributed by atoms with Crippen molar-refractivity contribution in [3.63, 3.8) is 0 Å². The first-order chi connectivity index (χ1) is 15.5. The number of carbonyl (C=O) groups is 1. The number of fused-ring (bicyclic) bond motifs is 2. The van der Waals surface area contributed by atoms with Gasteiger partial charge in [0.25, 0.3) is 5.91 Å². The highest BCUT2D eigenvalue weighted by Gasteiger charge is 2.46. The number of nitrogen functional groups attached to an aromatic ring is 1. The van der Waals surface area contributed by atoms with Crippen LogP contribution >= 0.6 is 11.3 Å². The number of thiophene rings is 1. The summed E-state index contributed by atoms with van der Waals surface area (Å²) < 4.78 is 12.0. The third kappa shape index (κ3) is 3.29. The van der Waals surface area contributed by atoms with Gasteiger partial charge in [0.15, 0.2) is 0 Å². The normalized spacial score (nSPS) is 21.3. The number of pyridine rings is 1. The number of nitrogens with zero attached hydrogens (tertiary/aromatic N) is 2. The lowest BCUT2D eigenvalue weighted by molar-refractivity contribution is -0.0180. The average Bonchev–Trinajstić information content (AvgIpc) is 3.37. The summed E-state index contributed by atoms with van der Waals surface area (Å²) in [5.74, 6) is 0.738. The highest BCUT2D eigenvalue weighted by Crippen LogP contribution is 2.40. The van der Waals surface area contributed by atoms with E-state index in [0.29, 0.717) is 17.2 Å². The Morgan fingerprint density at radius 1 is 1.31 bits per heavy atom. The number of aromatic nitrogens is 1. The number of benzene rings is 1. The van der Waals surface area contributed by atoms with Crippen molar-refractivity contribution >= 4 is 38.8 Å². The van der Waals surface area contributed by atoms with Crippen molar-refractivity contribution in [3.8, 4) is 5.75 Å². The van der Waals surface area contributed by atoms with Crippen LogP contribution in [0.3, 0.4) is 0 Å². The molecule has 8 heteroatoms. The molecule has 0 radical (unpaired) electrons. The number of carbonyl (C=O) groups excluding carboxylic acids is 1. The number of rotatable bonds is 3. The van der Waals surface area contributed by atoms with Crippen LogP contribution in [0.2, 0.25) is 0 Å². The molecule has 0 bridgehead atoms. The van der Waals surface area contributed by atoms with Crippen molar-refractivity contribution in [3.05, 3.63) is 46.5 Å². The van der Waals surface area contributed by atoms with Crippen molar-refractivity contribution in [2.45, 2.75) is 37.8 Å². The molecule has 7 nitrogen and oxygen atoms in total. The van der Waals surface area contributed by atoms with E-state index in [0.717, 1.165) is 66.2 Å². The second-order valence-electron chi connectivity index (χ2n) is 9.12. The lowest BCUT2D eigenvalue weighted by atomic mass is 9.90. The zero-order chi connectivity index (χ0) is 21.9. The predicted octanol–water partition coefficient (Wildman–Crippen LogP) is 3.29. The molecule has 3 aromatic rings. The van der Waals surface area contributed by atoms with Gasteiger partial charge in [-0.15, -0.1) is 11.3 Å². The second-order valence-corrected chi connectivity index (χ2v) is 10.1. The molecule has 2 saturated heterocycles. The molecule has 0 saturated carbocycles. The Kier molecular flexibility index (Phi) is 4.55. The summed E-state index contributed by atoms with van der Waals surface area (Å²) in [6, 6.07) is 10.1. The molecular weight excluding hydrogens is 424 g/mol. The molecule has 5 heterocycles. The van der Waals surface area contributed by atoms with E-state index in [2.05, 4.69) is 33.4 Å². The van der Waals surface area contributed by atoms with Crippen LogP contribution in [0.4, 0.5) is 11.4 Å². The molecule has 32 heavy (non-hydrogen) atoms. The minimum Gasteiger partial charge on any atom is -0.491 e. The molecule has 3 aliphatic heterocycles. The van der Waals surface area contributed by atoms with Crippen LogP contribution in [0.15, 0.2) is 30.3 Å². The maximum Gasteiger partial charge on any atom is 0.263 e. The fourth-order valence-corrected chi connectivity index (χ4v) is 6.04. The number of nitrogens with one attached hydrogen (secondary N) is 1. The molecule has 3 N–H and O–H groups in total. The maximum absolute atomic E-state index is 12.9. The van der Waals surface area contributed by atoms with Gasteiger partial charge in [0.05, 0.1) is 11.7 Å². The van der Waals surface area contributed by atoms with E-state index in [1.807, 2.05) is 19.1 Å². The largest absolute Gasteiger partial charge is 0.491 e. The fourth-order valence-electron chi connectivity index (χ4n) is 5.00. The standard InChI is InChI=1S/C24H26N4O3S/c1-14-3-6-18-20(25)21(32-23(18)26-14)22(29)27-16-9-15-4-5-17(10-19(15)30-11-16)28-12-24(13-28)7-2-8-31-24/h3-6,10,16H,2,7-9,11-13,25H2,1H3,(H,27,29)/t16-/m1/s1. The van der Waals surface area contributed by atoms with Gasteiger partial charge in [0, 0.05) is 42.5 Å². The Morgan fingerprint density at radius 2 is 2.19 bits per heavy atom. The second kappa shape index (κ2) is 7.35. The Labute approximate surface area is 190 Å². The van der Waals surface area contributed by atoms with E-state index in [1.54, 1.807) is 0 Å². The molecule has 3 aliphatic rings. The molecule has 1 amide bonds. The monoisotopic (exact) mass is 450 g/mol. The van der Waals surface area contributed by atoms with E-state index in [-0.39, 0.29) is 17.6 Å².